The van der Waals surface area contributed by atoms with Gasteiger partial charge in [0.15, 0.2) is 0 Å². The number of nitrogens with zero attached hydrogens (tertiary/aromatic N) is 2. The molecule has 1 fully saturated rings. The summed E-state index contributed by atoms with van der Waals surface area (Å²) in [7, 11) is 0. The molecule has 2 aliphatic rings. The zero-order chi connectivity index (χ0) is 17.6. The van der Waals surface area contributed by atoms with Crippen molar-refractivity contribution in [3.8, 4) is 0 Å². The molecule has 0 radical (unpaired) electrons. The lowest BCUT2D eigenvalue weighted by Gasteiger charge is -2.20. The van der Waals surface area contributed by atoms with Crippen LogP contribution in [-0.2, 0) is 14.3 Å². The highest BCUT2D eigenvalue weighted by atomic mass is 16.5. The van der Waals surface area contributed by atoms with Crippen LogP contribution in [0.25, 0.3) is 0 Å². The van der Waals surface area contributed by atoms with Crippen molar-refractivity contribution < 1.29 is 14.3 Å². The summed E-state index contributed by atoms with van der Waals surface area (Å²) in [6, 6.07) is 8.61. The third-order valence-corrected chi connectivity index (χ3v) is 4.82. The summed E-state index contributed by atoms with van der Waals surface area (Å²) >= 11 is 0. The Hall–Kier alpha value is -2.37. The van der Waals surface area contributed by atoms with E-state index < -0.39 is 17.9 Å². The maximum Gasteiger partial charge on any atom is 0.354 e. The van der Waals surface area contributed by atoms with Gasteiger partial charge >= 0.3 is 5.97 Å². The second-order valence-corrected chi connectivity index (χ2v) is 6.72. The standard InChI is InChI=1S/C19H25N3O3/c20-18(23)17-13-16(21-22(17)14-9-5-4-6-10-14)19(24)25-15-11-7-2-1-3-8-12-15/h4-6,9-10,15,17H,1-3,7-8,11-13H2,(H2,20,23)/t17-/m1/s1. The van der Waals surface area contributed by atoms with Crippen molar-refractivity contribution >= 4 is 23.3 Å². The molecule has 1 atom stereocenters. The molecule has 25 heavy (non-hydrogen) atoms. The molecule has 6 heteroatoms. The first-order valence-electron chi connectivity index (χ1n) is 9.07. The fraction of sp³-hybridized carbons (Fsp3) is 0.526. The quantitative estimate of drug-likeness (QED) is 0.852. The van der Waals surface area contributed by atoms with Crippen LogP contribution in [0.4, 0.5) is 5.69 Å². The van der Waals surface area contributed by atoms with Gasteiger partial charge in [0, 0.05) is 6.42 Å². The molecule has 1 aromatic carbocycles. The van der Waals surface area contributed by atoms with Crippen LogP contribution in [0.15, 0.2) is 35.4 Å². The predicted molar refractivity (Wildman–Crippen MR) is 96.2 cm³/mol. The Morgan fingerprint density at radius 1 is 1.04 bits per heavy atom. The Labute approximate surface area is 148 Å². The van der Waals surface area contributed by atoms with Crippen LogP contribution >= 0.6 is 0 Å². The number of hydrogen-bond acceptors (Lipinski definition) is 5. The number of rotatable bonds is 4. The third-order valence-electron chi connectivity index (χ3n) is 4.82. The van der Waals surface area contributed by atoms with Crippen molar-refractivity contribution in [2.24, 2.45) is 10.8 Å². The van der Waals surface area contributed by atoms with Gasteiger partial charge in [-0.25, -0.2) is 4.79 Å². The number of carbonyl (C=O) groups excluding carboxylic acids is 2. The van der Waals surface area contributed by atoms with E-state index in [9.17, 15) is 9.59 Å². The van der Waals surface area contributed by atoms with Crippen LogP contribution in [0, 0.1) is 0 Å². The first-order chi connectivity index (χ1) is 12.1. The predicted octanol–water partition coefficient (Wildman–Crippen LogP) is 2.76. The van der Waals surface area contributed by atoms with Gasteiger partial charge in [0.05, 0.1) is 5.69 Å². The number of nitrogens with two attached hydrogens (primary N) is 1. The molecule has 1 heterocycles. The van der Waals surface area contributed by atoms with E-state index in [4.69, 9.17) is 10.5 Å². The summed E-state index contributed by atoms with van der Waals surface area (Å²) < 4.78 is 5.67. The Balaban J connectivity index is 1.70. The normalized spacial score (nSPS) is 22.0. The highest BCUT2D eigenvalue weighted by Crippen LogP contribution is 2.26. The van der Waals surface area contributed by atoms with E-state index in [1.807, 2.05) is 30.3 Å². The van der Waals surface area contributed by atoms with Crippen LogP contribution in [-0.4, -0.2) is 29.7 Å². The molecule has 134 valence electrons. The number of esters is 1. The Bertz CT molecular complexity index is 637. The Morgan fingerprint density at radius 3 is 2.32 bits per heavy atom. The average Bonchev–Trinajstić information content (AvgIpc) is 3.04. The van der Waals surface area contributed by atoms with E-state index in [-0.39, 0.29) is 18.2 Å². The van der Waals surface area contributed by atoms with Gasteiger partial charge in [-0.05, 0) is 37.8 Å². The van der Waals surface area contributed by atoms with Crippen LogP contribution in [0.5, 0.6) is 0 Å². The molecule has 6 nitrogen and oxygen atoms in total. The fourth-order valence-electron chi connectivity index (χ4n) is 3.43. The van der Waals surface area contributed by atoms with Crippen LogP contribution in [0.1, 0.15) is 51.4 Å². The molecule has 1 saturated carbocycles. The van der Waals surface area contributed by atoms with Gasteiger partial charge in [0.2, 0.25) is 5.91 Å². The molecule has 1 aliphatic heterocycles. The van der Waals surface area contributed by atoms with Gasteiger partial charge < -0.3 is 10.5 Å². The van der Waals surface area contributed by atoms with E-state index in [0.717, 1.165) is 31.4 Å². The van der Waals surface area contributed by atoms with E-state index in [1.54, 1.807) is 0 Å². The van der Waals surface area contributed by atoms with Gasteiger partial charge in [-0.1, -0.05) is 37.5 Å². The highest BCUT2D eigenvalue weighted by molar-refractivity contribution is 6.38. The monoisotopic (exact) mass is 343 g/mol. The second kappa shape index (κ2) is 8.14. The number of amides is 1. The zero-order valence-electron chi connectivity index (χ0n) is 14.4. The van der Waals surface area contributed by atoms with Gasteiger partial charge in [-0.2, -0.15) is 5.10 Å². The van der Waals surface area contributed by atoms with Crippen LogP contribution in [0.3, 0.4) is 0 Å². The van der Waals surface area contributed by atoms with Crippen molar-refractivity contribution in [2.45, 2.75) is 63.5 Å². The van der Waals surface area contributed by atoms with Gasteiger partial charge in [-0.3, -0.25) is 9.80 Å². The van der Waals surface area contributed by atoms with E-state index in [1.165, 1.54) is 24.3 Å². The highest BCUT2D eigenvalue weighted by Gasteiger charge is 2.36. The maximum atomic E-state index is 12.5. The summed E-state index contributed by atoms with van der Waals surface area (Å²) in [5.74, 6) is -0.920. The number of hydrazone groups is 1. The van der Waals surface area contributed by atoms with E-state index >= 15 is 0 Å². The molecule has 0 bridgehead atoms. The molecular weight excluding hydrogens is 318 g/mol. The molecule has 2 N–H and O–H groups in total. The number of primary amides is 1. The smallest absolute Gasteiger partial charge is 0.354 e. The lowest BCUT2D eigenvalue weighted by Crippen LogP contribution is -2.39. The minimum absolute atomic E-state index is 0.0479. The molecule has 0 spiro atoms. The summed E-state index contributed by atoms with van der Waals surface area (Å²) in [5.41, 5.74) is 6.51. The number of hydrogen-bond donors (Lipinski definition) is 1. The molecule has 1 aromatic rings. The molecule has 0 saturated heterocycles. The number of para-hydroxylation sites is 1. The van der Waals surface area contributed by atoms with Gasteiger partial charge in [0.25, 0.3) is 0 Å². The third kappa shape index (κ3) is 4.38. The minimum Gasteiger partial charge on any atom is -0.458 e. The summed E-state index contributed by atoms with van der Waals surface area (Å²) in [6.45, 7) is 0. The van der Waals surface area contributed by atoms with Crippen molar-refractivity contribution in [3.05, 3.63) is 30.3 Å². The molecule has 0 aromatic heterocycles. The number of anilines is 1. The fourth-order valence-corrected chi connectivity index (χ4v) is 3.43. The number of carbonyl (C=O) groups is 2. The maximum absolute atomic E-state index is 12.5. The Kier molecular flexibility index (Phi) is 5.68. The first-order valence-corrected chi connectivity index (χ1v) is 9.07. The Morgan fingerprint density at radius 2 is 1.68 bits per heavy atom. The van der Waals surface area contributed by atoms with Crippen molar-refractivity contribution in [1.29, 1.82) is 0 Å². The van der Waals surface area contributed by atoms with Crippen LogP contribution < -0.4 is 10.7 Å². The van der Waals surface area contributed by atoms with Gasteiger partial charge in [0.1, 0.15) is 17.9 Å². The largest absolute Gasteiger partial charge is 0.458 e. The second-order valence-electron chi connectivity index (χ2n) is 6.72. The number of benzene rings is 1. The van der Waals surface area contributed by atoms with Crippen LogP contribution in [0.2, 0.25) is 0 Å². The minimum atomic E-state index is -0.651. The zero-order valence-corrected chi connectivity index (χ0v) is 14.4. The topological polar surface area (TPSA) is 85.0 Å². The first kappa shape index (κ1) is 17.5. The van der Waals surface area contributed by atoms with Crippen molar-refractivity contribution in [1.82, 2.24) is 0 Å². The lowest BCUT2D eigenvalue weighted by atomic mass is 9.98. The van der Waals surface area contributed by atoms with Crippen molar-refractivity contribution in [3.63, 3.8) is 0 Å². The lowest BCUT2D eigenvalue weighted by molar-refractivity contribution is -0.141. The molecular formula is C19H25N3O3. The SMILES string of the molecule is NC(=O)[C@H]1CC(C(=O)OC2CCCCCCC2)=NN1c1ccccc1. The summed E-state index contributed by atoms with van der Waals surface area (Å²) in [6.07, 6.45) is 7.78. The van der Waals surface area contributed by atoms with Gasteiger partial charge in [-0.15, -0.1) is 0 Å². The average molecular weight is 343 g/mol. The summed E-state index contributed by atoms with van der Waals surface area (Å²) in [5, 5.41) is 5.87. The molecule has 0 unspecified atom stereocenters. The van der Waals surface area contributed by atoms with E-state index in [2.05, 4.69) is 5.10 Å². The number of ether oxygens (including phenoxy) is 1. The molecule has 1 amide bonds. The van der Waals surface area contributed by atoms with Crippen molar-refractivity contribution in [2.75, 3.05) is 5.01 Å². The molecule has 1 aliphatic carbocycles. The van der Waals surface area contributed by atoms with E-state index in [0.29, 0.717) is 0 Å². The molecule has 3 rings (SSSR count). The summed E-state index contributed by atoms with van der Waals surface area (Å²) in [4.78, 5) is 24.3.